The largest absolute Gasteiger partial charge is 0.394 e. The van der Waals surface area contributed by atoms with Gasteiger partial charge in [-0.05, 0) is 18.3 Å². The van der Waals surface area contributed by atoms with E-state index in [4.69, 9.17) is 10.2 Å². The van der Waals surface area contributed by atoms with E-state index >= 15 is 0 Å². The van der Waals surface area contributed by atoms with Crippen molar-refractivity contribution in [2.24, 2.45) is 5.41 Å². The van der Waals surface area contributed by atoms with E-state index in [1.165, 1.54) is 0 Å². The molecule has 0 amide bonds. The minimum Gasteiger partial charge on any atom is -0.394 e. The van der Waals surface area contributed by atoms with E-state index in [1.807, 2.05) is 0 Å². The van der Waals surface area contributed by atoms with Crippen LogP contribution in [0.4, 0.5) is 0 Å². The Hall–Kier alpha value is -0.480. The van der Waals surface area contributed by atoms with Gasteiger partial charge in [-0.1, -0.05) is 65.2 Å². The average Bonchev–Trinajstić information content (AvgIpc) is 2.94. The van der Waals surface area contributed by atoms with Crippen molar-refractivity contribution in [1.82, 2.24) is 10.6 Å². The summed E-state index contributed by atoms with van der Waals surface area (Å²) in [5.74, 6) is 0. The predicted octanol–water partition coefficient (Wildman–Crippen LogP) is -2.04. The van der Waals surface area contributed by atoms with E-state index in [2.05, 4.69) is 24.5 Å². The van der Waals surface area contributed by atoms with Gasteiger partial charge in [0.2, 0.25) is 0 Å². The van der Waals surface area contributed by atoms with Crippen molar-refractivity contribution in [2.75, 3.05) is 39.4 Å². The van der Waals surface area contributed by atoms with E-state index < -0.39 is 62.0 Å². The van der Waals surface area contributed by atoms with Gasteiger partial charge >= 0.3 is 0 Å². The highest BCUT2D eigenvalue weighted by Gasteiger charge is 2.34. The molecule has 12 heteroatoms. The molecule has 0 aromatic carbocycles. The minimum absolute atomic E-state index is 0.0609. The summed E-state index contributed by atoms with van der Waals surface area (Å²) >= 11 is 0. The summed E-state index contributed by atoms with van der Waals surface area (Å²) in [4.78, 5) is 0. The molecule has 0 fully saturated rings. The number of rotatable bonds is 26. The fourth-order valence-corrected chi connectivity index (χ4v) is 4.73. The predicted molar refractivity (Wildman–Crippen MR) is 148 cm³/mol. The number of hydrogen-bond donors (Lipinski definition) is 12. The highest BCUT2D eigenvalue weighted by Crippen LogP contribution is 2.31. The molecule has 0 bridgehead atoms. The lowest BCUT2D eigenvalue weighted by atomic mass is 9.77. The average molecular weight is 571 g/mol. The zero-order valence-electron chi connectivity index (χ0n) is 23.9. The lowest BCUT2D eigenvalue weighted by molar-refractivity contribution is -0.114. The third kappa shape index (κ3) is 15.4. The van der Waals surface area contributed by atoms with Crippen molar-refractivity contribution in [1.29, 1.82) is 0 Å². The molecule has 0 aromatic rings. The van der Waals surface area contributed by atoms with Crippen LogP contribution < -0.4 is 10.6 Å². The monoisotopic (exact) mass is 570 g/mol. The van der Waals surface area contributed by atoms with Crippen molar-refractivity contribution < 1.29 is 51.1 Å². The molecule has 0 aliphatic heterocycles. The number of unbranched alkanes of at least 4 members (excludes halogenated alkanes) is 6. The molecule has 0 saturated heterocycles. The molecule has 0 aromatic heterocycles. The molecular formula is C27H58N2O10. The molecule has 0 aliphatic carbocycles. The topological polar surface area (TPSA) is 226 Å². The number of aliphatic hydroxyl groups excluding tert-OH is 10. The Balaban J connectivity index is 5.40. The summed E-state index contributed by atoms with van der Waals surface area (Å²) < 4.78 is 0. The Morgan fingerprint density at radius 1 is 0.487 bits per heavy atom. The van der Waals surface area contributed by atoms with E-state index in [1.54, 1.807) is 0 Å². The standard InChI is InChI=1S/C27H58N2O10/c1-3-5-7-9-11-27(12-10-8-6-4-2,17-28-13-19(32)23(36)25(38)21(34)15-30)18-29-14-20(33)24(37)26(39)22(35)16-31/h19-26,28-39H,3-18H2,1-2H3/t19-,20-,21+,22+,23+,24+,25+,26+/m0/s1. The first kappa shape index (κ1) is 38.5. The van der Waals surface area contributed by atoms with Crippen molar-refractivity contribution in [3.05, 3.63) is 0 Å². The first-order chi connectivity index (χ1) is 18.5. The van der Waals surface area contributed by atoms with Gasteiger partial charge in [0.1, 0.15) is 36.6 Å². The van der Waals surface area contributed by atoms with Crippen molar-refractivity contribution in [3.63, 3.8) is 0 Å². The molecule has 0 spiro atoms. The third-order valence-electron chi connectivity index (χ3n) is 7.48. The van der Waals surface area contributed by atoms with Crippen molar-refractivity contribution in [2.45, 2.75) is 127 Å². The quantitative estimate of drug-likeness (QED) is 0.0505. The van der Waals surface area contributed by atoms with E-state index in [-0.39, 0.29) is 18.5 Å². The highest BCUT2D eigenvalue weighted by atomic mass is 16.4. The van der Waals surface area contributed by atoms with Gasteiger partial charge in [0, 0.05) is 26.2 Å². The Morgan fingerprint density at radius 3 is 1.13 bits per heavy atom. The Bertz CT molecular complexity index is 529. The second-order valence-electron chi connectivity index (χ2n) is 11.0. The number of nitrogens with one attached hydrogen (secondary N) is 2. The molecule has 12 nitrogen and oxygen atoms in total. The zero-order chi connectivity index (χ0) is 29.8. The van der Waals surface area contributed by atoms with Crippen LogP contribution in [0.1, 0.15) is 78.1 Å². The molecule has 236 valence electrons. The van der Waals surface area contributed by atoms with Crippen LogP contribution in [0.5, 0.6) is 0 Å². The first-order valence-electron chi connectivity index (χ1n) is 14.6. The molecule has 0 unspecified atom stereocenters. The summed E-state index contributed by atoms with van der Waals surface area (Å²) in [5, 5.41) is 104. The normalized spacial score (nSPS) is 18.8. The molecule has 8 atom stereocenters. The van der Waals surface area contributed by atoms with Gasteiger partial charge in [0.05, 0.1) is 25.4 Å². The lowest BCUT2D eigenvalue weighted by Crippen LogP contribution is -2.52. The molecule has 39 heavy (non-hydrogen) atoms. The Kier molecular flexibility index (Phi) is 21.9. The maximum absolute atomic E-state index is 10.3. The molecule has 0 saturated carbocycles. The van der Waals surface area contributed by atoms with Crippen LogP contribution in [0.3, 0.4) is 0 Å². The molecule has 0 aliphatic rings. The summed E-state index contributed by atoms with van der Waals surface area (Å²) in [6, 6.07) is 0. The van der Waals surface area contributed by atoms with Gasteiger partial charge in [-0.25, -0.2) is 0 Å². The van der Waals surface area contributed by atoms with Gasteiger partial charge < -0.3 is 61.7 Å². The van der Waals surface area contributed by atoms with Gasteiger partial charge in [-0.3, -0.25) is 0 Å². The summed E-state index contributed by atoms with van der Waals surface area (Å²) in [6.07, 6.45) is -2.57. The molecule has 12 N–H and O–H groups in total. The lowest BCUT2D eigenvalue weighted by Gasteiger charge is -2.36. The maximum atomic E-state index is 10.3. The summed E-state index contributed by atoms with van der Waals surface area (Å²) in [5.41, 5.74) is -0.302. The van der Waals surface area contributed by atoms with Gasteiger partial charge in [-0.2, -0.15) is 0 Å². The van der Waals surface area contributed by atoms with Crippen LogP contribution >= 0.6 is 0 Å². The Morgan fingerprint density at radius 2 is 0.821 bits per heavy atom. The van der Waals surface area contributed by atoms with Crippen LogP contribution in [0.15, 0.2) is 0 Å². The van der Waals surface area contributed by atoms with E-state index in [0.29, 0.717) is 13.1 Å². The molecular weight excluding hydrogens is 512 g/mol. The second kappa shape index (κ2) is 22.2. The zero-order valence-corrected chi connectivity index (χ0v) is 23.9. The molecule has 0 radical (unpaired) electrons. The number of hydrogen-bond acceptors (Lipinski definition) is 12. The van der Waals surface area contributed by atoms with E-state index in [0.717, 1.165) is 64.2 Å². The maximum Gasteiger partial charge on any atom is 0.111 e. The summed E-state index contributed by atoms with van der Waals surface area (Å²) in [7, 11) is 0. The van der Waals surface area contributed by atoms with Crippen LogP contribution in [-0.2, 0) is 0 Å². The minimum atomic E-state index is -1.70. The molecule has 0 heterocycles. The number of aliphatic hydroxyl groups is 10. The fourth-order valence-electron chi connectivity index (χ4n) is 4.73. The first-order valence-corrected chi connectivity index (χ1v) is 14.6. The van der Waals surface area contributed by atoms with E-state index in [9.17, 15) is 40.9 Å². The van der Waals surface area contributed by atoms with Gasteiger partial charge in [0.15, 0.2) is 0 Å². The van der Waals surface area contributed by atoms with Crippen molar-refractivity contribution >= 4 is 0 Å². The highest BCUT2D eigenvalue weighted by molar-refractivity contribution is 4.88. The smallest absolute Gasteiger partial charge is 0.111 e. The van der Waals surface area contributed by atoms with Gasteiger partial charge in [0.25, 0.3) is 0 Å². The van der Waals surface area contributed by atoms with Crippen LogP contribution in [-0.4, -0.2) is 139 Å². The molecule has 0 rings (SSSR count). The Labute approximate surface area is 233 Å². The van der Waals surface area contributed by atoms with Gasteiger partial charge in [-0.15, -0.1) is 0 Å². The third-order valence-corrected chi connectivity index (χ3v) is 7.48. The summed E-state index contributed by atoms with van der Waals surface area (Å²) in [6.45, 7) is 3.54. The SMILES string of the molecule is CCCCCCC(CCCCCC)(CNC[C@H](O)[C@@H](O)[C@H](O)[C@H](O)CO)CNC[C@H](O)[C@@H](O)[C@H](O)[C@H](O)CO. The second-order valence-corrected chi connectivity index (χ2v) is 11.0. The van der Waals surface area contributed by atoms with Crippen LogP contribution in [0.25, 0.3) is 0 Å². The fraction of sp³-hybridized carbons (Fsp3) is 1.00. The van der Waals surface area contributed by atoms with Crippen LogP contribution in [0, 0.1) is 5.41 Å². The van der Waals surface area contributed by atoms with Crippen LogP contribution in [0.2, 0.25) is 0 Å². The van der Waals surface area contributed by atoms with Crippen molar-refractivity contribution in [3.8, 4) is 0 Å².